The molecule has 1 aromatic heterocycles. The lowest BCUT2D eigenvalue weighted by Crippen LogP contribution is -2.20. The molecule has 102 valence electrons. The quantitative estimate of drug-likeness (QED) is 0.913. The Morgan fingerprint density at radius 3 is 3.00 bits per heavy atom. The molecule has 5 nitrogen and oxygen atoms in total. The van der Waals surface area contributed by atoms with Gasteiger partial charge in [0.05, 0.1) is 5.71 Å². The number of hydrogen-bond donors (Lipinski definition) is 1. The fraction of sp³-hybridized carbons (Fsp3) is 0.125. The van der Waals surface area contributed by atoms with E-state index < -0.39 is 0 Å². The minimum Gasteiger partial charge on any atom is -0.267 e. The number of nitrogens with zero attached hydrogens (tertiary/aromatic N) is 3. The van der Waals surface area contributed by atoms with Gasteiger partial charge in [0.2, 0.25) is 0 Å². The van der Waals surface area contributed by atoms with Crippen molar-refractivity contribution in [3.63, 3.8) is 0 Å². The number of aromatic amines is 1. The van der Waals surface area contributed by atoms with E-state index in [1.165, 1.54) is 0 Å². The Morgan fingerprint density at radius 2 is 2.05 bits per heavy atom. The Balaban J connectivity index is 1.64. The van der Waals surface area contributed by atoms with Crippen molar-refractivity contribution >= 4 is 22.7 Å². The molecule has 1 aromatic carbocycles. The van der Waals surface area contributed by atoms with Crippen LogP contribution in [0, 0.1) is 5.92 Å². The van der Waals surface area contributed by atoms with Gasteiger partial charge in [-0.15, -0.1) is 0 Å². The van der Waals surface area contributed by atoms with Gasteiger partial charge in [-0.2, -0.15) is 15.4 Å². The van der Waals surface area contributed by atoms with Gasteiger partial charge in [-0.25, -0.2) is 4.99 Å². The summed E-state index contributed by atoms with van der Waals surface area (Å²) in [5, 5.41) is 10.7. The highest BCUT2D eigenvalue weighted by atomic mass is 16.1. The summed E-state index contributed by atoms with van der Waals surface area (Å²) in [6.45, 7) is 0. The van der Waals surface area contributed by atoms with Gasteiger partial charge in [-0.3, -0.25) is 4.79 Å². The van der Waals surface area contributed by atoms with E-state index >= 15 is 0 Å². The molecule has 2 aromatic rings. The molecule has 21 heavy (non-hydrogen) atoms. The minimum atomic E-state index is -0.151. The van der Waals surface area contributed by atoms with Crippen molar-refractivity contribution in [1.82, 2.24) is 15.4 Å². The zero-order valence-corrected chi connectivity index (χ0v) is 11.2. The van der Waals surface area contributed by atoms with Crippen LogP contribution in [0.5, 0.6) is 0 Å². The number of carbonyl (C=O) groups excluding carboxylic acids is 1. The molecular formula is C16H12N4O. The van der Waals surface area contributed by atoms with Crippen LogP contribution in [0.3, 0.4) is 0 Å². The zero-order chi connectivity index (χ0) is 14.2. The number of rotatable bonds is 2. The molecule has 2 heterocycles. The van der Waals surface area contributed by atoms with E-state index in [0.29, 0.717) is 6.42 Å². The molecule has 0 saturated heterocycles. The number of dihydropyridines is 1. The Morgan fingerprint density at radius 1 is 1.14 bits per heavy atom. The molecule has 4 rings (SSSR count). The molecule has 2 aliphatic rings. The number of H-pyrrole nitrogens is 1. The summed E-state index contributed by atoms with van der Waals surface area (Å²) < 4.78 is 0. The van der Waals surface area contributed by atoms with E-state index in [9.17, 15) is 4.79 Å². The molecule has 1 aliphatic heterocycles. The number of nitrogens with one attached hydrogen (secondary N) is 1. The van der Waals surface area contributed by atoms with Crippen LogP contribution in [0.1, 0.15) is 5.56 Å². The number of aromatic nitrogens is 3. The van der Waals surface area contributed by atoms with Crippen molar-refractivity contribution < 1.29 is 4.79 Å². The van der Waals surface area contributed by atoms with Gasteiger partial charge in [-0.1, -0.05) is 30.4 Å². The lowest BCUT2D eigenvalue weighted by atomic mass is 9.90. The number of allylic oxidation sites excluding steroid dienone is 5. The summed E-state index contributed by atoms with van der Waals surface area (Å²) in [4.78, 5) is 16.3. The fourth-order valence-electron chi connectivity index (χ4n) is 2.63. The van der Waals surface area contributed by atoms with Gasteiger partial charge in [0.15, 0.2) is 0 Å². The largest absolute Gasteiger partial charge is 0.273 e. The topological polar surface area (TPSA) is 71.0 Å². The van der Waals surface area contributed by atoms with E-state index in [2.05, 4.69) is 20.4 Å². The number of benzene rings is 1. The van der Waals surface area contributed by atoms with Crippen LogP contribution < -0.4 is 0 Å². The van der Waals surface area contributed by atoms with Gasteiger partial charge in [0, 0.05) is 17.9 Å². The maximum atomic E-state index is 12.1. The zero-order valence-electron chi connectivity index (χ0n) is 11.2. The Bertz CT molecular complexity index is 854. The predicted octanol–water partition coefficient (Wildman–Crippen LogP) is 2.15. The maximum Gasteiger partial charge on any atom is 0.273 e. The third-order valence-electron chi connectivity index (χ3n) is 3.70. The average molecular weight is 276 g/mol. The molecule has 0 fully saturated rings. The van der Waals surface area contributed by atoms with Crippen LogP contribution in [0.15, 0.2) is 59.1 Å². The van der Waals surface area contributed by atoms with Crippen LogP contribution in [0.2, 0.25) is 0 Å². The first-order chi connectivity index (χ1) is 10.3. The molecule has 1 aliphatic carbocycles. The summed E-state index contributed by atoms with van der Waals surface area (Å²) >= 11 is 0. The molecule has 0 saturated carbocycles. The van der Waals surface area contributed by atoms with Crippen LogP contribution in [-0.2, 0) is 11.2 Å². The minimum absolute atomic E-state index is 0.110. The normalized spacial score (nSPS) is 20.4. The third-order valence-corrected chi connectivity index (χ3v) is 3.70. The van der Waals surface area contributed by atoms with Gasteiger partial charge in [0.25, 0.3) is 5.91 Å². The summed E-state index contributed by atoms with van der Waals surface area (Å²) in [5.41, 5.74) is 4.21. The van der Waals surface area contributed by atoms with E-state index in [4.69, 9.17) is 0 Å². The van der Waals surface area contributed by atoms with Gasteiger partial charge in [-0.05, 0) is 23.8 Å². The highest BCUT2D eigenvalue weighted by Gasteiger charge is 2.22. The van der Waals surface area contributed by atoms with E-state index in [1.807, 2.05) is 48.6 Å². The molecule has 0 spiro atoms. The van der Waals surface area contributed by atoms with Crippen molar-refractivity contribution in [1.29, 1.82) is 0 Å². The lowest BCUT2D eigenvalue weighted by molar-refractivity contribution is -0.114. The van der Waals surface area contributed by atoms with Crippen LogP contribution in [0.4, 0.5) is 0 Å². The summed E-state index contributed by atoms with van der Waals surface area (Å²) in [7, 11) is 0. The average Bonchev–Trinajstić information content (AvgIpc) is 2.95. The first-order valence-electron chi connectivity index (χ1n) is 6.77. The van der Waals surface area contributed by atoms with Gasteiger partial charge in [0.1, 0.15) is 11.0 Å². The Kier molecular flexibility index (Phi) is 2.64. The Labute approximate surface area is 120 Å². The van der Waals surface area contributed by atoms with Crippen LogP contribution in [0.25, 0.3) is 11.0 Å². The number of fused-ring (bicyclic) bond motifs is 2. The number of carbonyl (C=O) groups is 1. The fourth-order valence-corrected chi connectivity index (χ4v) is 2.63. The van der Waals surface area contributed by atoms with E-state index in [0.717, 1.165) is 27.9 Å². The molecular weight excluding hydrogens is 264 g/mol. The van der Waals surface area contributed by atoms with E-state index in [1.54, 1.807) is 0 Å². The summed E-state index contributed by atoms with van der Waals surface area (Å²) in [5.74, 6) is -0.0417. The molecule has 1 unspecified atom stereocenters. The van der Waals surface area contributed by atoms with E-state index in [-0.39, 0.29) is 11.8 Å². The highest BCUT2D eigenvalue weighted by Crippen LogP contribution is 2.23. The number of aliphatic imine (C=N–C) groups is 1. The second-order valence-corrected chi connectivity index (χ2v) is 5.13. The Hall–Kier alpha value is -2.82. The van der Waals surface area contributed by atoms with Crippen molar-refractivity contribution in [2.75, 3.05) is 0 Å². The summed E-state index contributed by atoms with van der Waals surface area (Å²) in [6.07, 6.45) is 10.4. The smallest absolute Gasteiger partial charge is 0.267 e. The third kappa shape index (κ3) is 2.12. The molecule has 0 bridgehead atoms. The molecule has 5 heteroatoms. The monoisotopic (exact) mass is 276 g/mol. The lowest BCUT2D eigenvalue weighted by Gasteiger charge is -2.18. The molecule has 1 amide bonds. The summed E-state index contributed by atoms with van der Waals surface area (Å²) in [6, 6.07) is 5.82. The van der Waals surface area contributed by atoms with Gasteiger partial charge >= 0.3 is 0 Å². The maximum absolute atomic E-state index is 12.1. The number of amides is 1. The number of hydrogen-bond acceptors (Lipinski definition) is 3. The van der Waals surface area contributed by atoms with Crippen LogP contribution >= 0.6 is 0 Å². The predicted molar refractivity (Wildman–Crippen MR) is 79.9 cm³/mol. The van der Waals surface area contributed by atoms with Crippen molar-refractivity contribution in [3.8, 4) is 0 Å². The second-order valence-electron chi connectivity index (χ2n) is 5.13. The molecule has 1 atom stereocenters. The standard InChI is InChI=1S/C16H12N4O/c21-16-12(9-11-3-1-2-4-13(11)17-16)7-10-5-6-14-15(8-10)19-20-18-14/h1-6,8-9,11H,7H2,(H,18,19,20). The highest BCUT2D eigenvalue weighted by molar-refractivity contribution is 6.13. The van der Waals surface area contributed by atoms with Crippen LogP contribution in [-0.4, -0.2) is 27.0 Å². The SMILES string of the molecule is O=C1N=C2C=CC=CC2C=C1Cc1ccc2n[nH]nc2c1. The molecule has 0 radical (unpaired) electrons. The second kappa shape index (κ2) is 4.63. The first-order valence-corrected chi connectivity index (χ1v) is 6.77. The molecule has 1 N–H and O–H groups in total. The van der Waals surface area contributed by atoms with Gasteiger partial charge < -0.3 is 0 Å². The van der Waals surface area contributed by atoms with Crippen molar-refractivity contribution in [3.05, 3.63) is 59.7 Å². The van der Waals surface area contributed by atoms with Crippen molar-refractivity contribution in [2.24, 2.45) is 10.9 Å². The first kappa shape index (κ1) is 12.0. The van der Waals surface area contributed by atoms with Crippen molar-refractivity contribution in [2.45, 2.75) is 6.42 Å².